The van der Waals surface area contributed by atoms with E-state index in [9.17, 15) is 0 Å². The molecule has 0 aromatic carbocycles. The van der Waals surface area contributed by atoms with Crippen molar-refractivity contribution < 1.29 is 19.0 Å². The van der Waals surface area contributed by atoms with E-state index in [1.165, 1.54) is 6.07 Å². The first-order valence-corrected chi connectivity index (χ1v) is 4.87. The summed E-state index contributed by atoms with van der Waals surface area (Å²) in [6.07, 6.45) is 0. The van der Waals surface area contributed by atoms with Crippen LogP contribution < -0.4 is 10.6 Å². The van der Waals surface area contributed by atoms with Gasteiger partial charge in [-0.15, -0.1) is 0 Å². The summed E-state index contributed by atoms with van der Waals surface area (Å²) in [4.78, 5) is 5.68. The van der Waals surface area contributed by atoms with Gasteiger partial charge in [-0.3, -0.25) is 0 Å². The van der Waals surface area contributed by atoms with Crippen LogP contribution in [0.5, 0.6) is 0 Å². The van der Waals surface area contributed by atoms with Crippen molar-refractivity contribution in [2.75, 3.05) is 36.9 Å². The lowest BCUT2D eigenvalue weighted by Gasteiger charge is -2.17. The zero-order chi connectivity index (χ0) is 11.5. The summed E-state index contributed by atoms with van der Waals surface area (Å²) in [6.45, 7) is 0.566. The summed E-state index contributed by atoms with van der Waals surface area (Å²) >= 11 is 0. The van der Waals surface area contributed by atoms with Crippen LogP contribution in [0.4, 0.5) is 11.9 Å². The summed E-state index contributed by atoms with van der Waals surface area (Å²) in [5.74, 6) is 0.240. The summed E-state index contributed by atoms with van der Waals surface area (Å²) < 4.78 is 10.5. The lowest BCUT2D eigenvalue weighted by Crippen LogP contribution is -2.29. The average Bonchev–Trinajstić information content (AvgIpc) is 2.74. The zero-order valence-electron chi connectivity index (χ0n) is 8.59. The summed E-state index contributed by atoms with van der Waals surface area (Å²) in [5, 5.41) is 17.7. The molecule has 4 N–H and O–H groups in total. The molecule has 2 heterocycles. The van der Waals surface area contributed by atoms with Gasteiger partial charge in [-0.1, -0.05) is 0 Å². The van der Waals surface area contributed by atoms with Crippen LogP contribution in [-0.4, -0.2) is 41.5 Å². The number of hydrogen-bond acceptors (Lipinski definition) is 7. The highest BCUT2D eigenvalue weighted by Gasteiger charge is 2.16. The second-order valence-corrected chi connectivity index (χ2v) is 3.25. The van der Waals surface area contributed by atoms with Gasteiger partial charge in [0.25, 0.3) is 5.71 Å². The van der Waals surface area contributed by atoms with E-state index in [0.29, 0.717) is 30.4 Å². The minimum Gasteiger partial charge on any atom is -0.420 e. The van der Waals surface area contributed by atoms with Crippen LogP contribution in [0, 0.1) is 0 Å². The third-order valence-corrected chi connectivity index (χ3v) is 2.11. The largest absolute Gasteiger partial charge is 0.420 e. The van der Waals surface area contributed by atoms with Crippen molar-refractivity contribution >= 4 is 23.2 Å². The number of nitrogen functional groups attached to an aromatic ring is 1. The van der Waals surface area contributed by atoms with Crippen LogP contribution in [0.25, 0.3) is 11.3 Å². The number of aromatic nitrogens is 1. The Bertz CT molecular complexity index is 427. The van der Waals surface area contributed by atoms with E-state index in [4.69, 9.17) is 24.8 Å². The molecule has 7 nitrogen and oxygen atoms in total. The van der Waals surface area contributed by atoms with Gasteiger partial charge < -0.3 is 29.7 Å². The van der Waals surface area contributed by atoms with E-state index in [2.05, 4.69) is 4.98 Å². The Morgan fingerprint density at radius 3 is 2.50 bits per heavy atom. The van der Waals surface area contributed by atoms with Gasteiger partial charge in [0.2, 0.25) is 0 Å². The molecule has 2 aromatic rings. The highest BCUT2D eigenvalue weighted by atomic mass is 16.4. The van der Waals surface area contributed by atoms with Gasteiger partial charge in [-0.05, 0) is 0 Å². The lowest BCUT2D eigenvalue weighted by atomic mass is 10.5. The molecule has 0 radical (unpaired) electrons. The first-order chi connectivity index (χ1) is 7.74. The third kappa shape index (κ3) is 1.95. The van der Waals surface area contributed by atoms with Crippen molar-refractivity contribution in [3.05, 3.63) is 6.07 Å². The number of anilines is 2. The number of aliphatic hydroxyl groups is 2. The van der Waals surface area contributed by atoms with E-state index in [0.717, 1.165) is 0 Å². The van der Waals surface area contributed by atoms with Crippen LogP contribution in [0.1, 0.15) is 0 Å². The highest BCUT2D eigenvalue weighted by molar-refractivity contribution is 5.72. The van der Waals surface area contributed by atoms with E-state index in [1.54, 1.807) is 4.90 Å². The molecule has 0 bridgehead atoms. The number of nitrogens with two attached hydrogens (primary N) is 1. The van der Waals surface area contributed by atoms with E-state index < -0.39 is 0 Å². The Hall–Kier alpha value is -1.73. The maximum Gasteiger partial charge on any atom is 0.301 e. The van der Waals surface area contributed by atoms with Crippen LogP contribution >= 0.6 is 0 Å². The normalized spacial score (nSPS) is 11.1. The maximum atomic E-state index is 8.86. The van der Waals surface area contributed by atoms with Crippen LogP contribution in [0.15, 0.2) is 14.9 Å². The Balaban J connectivity index is 2.25. The monoisotopic (exact) mass is 227 g/mol. The molecule has 0 fully saturated rings. The second kappa shape index (κ2) is 4.42. The Labute approximate surface area is 91.1 Å². The highest BCUT2D eigenvalue weighted by Crippen LogP contribution is 2.25. The molecule has 2 rings (SSSR count). The van der Waals surface area contributed by atoms with Crippen molar-refractivity contribution in [1.29, 1.82) is 0 Å². The molecule has 0 saturated carbocycles. The molecular formula is C9H13N3O4. The molecule has 2 aromatic heterocycles. The summed E-state index contributed by atoms with van der Waals surface area (Å²) in [7, 11) is 0. The minimum absolute atomic E-state index is 0.0497. The molecule has 7 heteroatoms. The number of rotatable bonds is 5. The number of oxazole rings is 1. The van der Waals surface area contributed by atoms with Crippen LogP contribution in [0.2, 0.25) is 0 Å². The number of hydrogen-bond donors (Lipinski definition) is 3. The van der Waals surface area contributed by atoms with Crippen LogP contribution in [0.3, 0.4) is 0 Å². The van der Waals surface area contributed by atoms with E-state index in [-0.39, 0.29) is 19.1 Å². The SMILES string of the molecule is Nc1cc2oc(N(CCO)CCO)nc2o1. The third-order valence-electron chi connectivity index (χ3n) is 2.11. The lowest BCUT2D eigenvalue weighted by molar-refractivity contribution is 0.277. The number of fused-ring (bicyclic) bond motifs is 1. The van der Waals surface area contributed by atoms with Crippen molar-refractivity contribution in [3.8, 4) is 0 Å². The van der Waals surface area contributed by atoms with Gasteiger partial charge >= 0.3 is 6.01 Å². The van der Waals surface area contributed by atoms with E-state index >= 15 is 0 Å². The molecule has 0 aliphatic carbocycles. The molecule has 0 saturated heterocycles. The zero-order valence-corrected chi connectivity index (χ0v) is 8.59. The molecule has 0 aliphatic heterocycles. The standard InChI is InChI=1S/C9H13N3O4/c10-7-5-6-8(16-7)11-9(15-6)12(1-3-13)2-4-14/h5,13-14H,1-4,10H2. The molecule has 88 valence electrons. The van der Waals surface area contributed by atoms with Gasteiger partial charge in [0.1, 0.15) is 0 Å². The van der Waals surface area contributed by atoms with Gasteiger partial charge in [0.15, 0.2) is 11.5 Å². The van der Waals surface area contributed by atoms with Crippen molar-refractivity contribution in [2.45, 2.75) is 0 Å². The Kier molecular flexibility index (Phi) is 2.97. The molecule has 0 spiro atoms. The quantitative estimate of drug-likeness (QED) is 0.648. The molecule has 0 aliphatic rings. The summed E-state index contributed by atoms with van der Waals surface area (Å²) in [6, 6.07) is 1.83. The van der Waals surface area contributed by atoms with Crippen molar-refractivity contribution in [1.82, 2.24) is 4.98 Å². The maximum absolute atomic E-state index is 8.86. The van der Waals surface area contributed by atoms with Gasteiger partial charge in [-0.25, -0.2) is 0 Å². The Morgan fingerprint density at radius 1 is 1.25 bits per heavy atom. The number of furan rings is 1. The number of aliphatic hydroxyl groups excluding tert-OH is 2. The minimum atomic E-state index is -0.0497. The van der Waals surface area contributed by atoms with Crippen molar-refractivity contribution in [3.63, 3.8) is 0 Å². The predicted molar refractivity (Wildman–Crippen MR) is 57.1 cm³/mol. The summed E-state index contributed by atoms with van der Waals surface area (Å²) in [5.41, 5.74) is 6.18. The smallest absolute Gasteiger partial charge is 0.301 e. The average molecular weight is 227 g/mol. The molecule has 0 unspecified atom stereocenters. The first-order valence-electron chi connectivity index (χ1n) is 4.87. The fourth-order valence-electron chi connectivity index (χ4n) is 1.42. The van der Waals surface area contributed by atoms with Gasteiger partial charge in [0.05, 0.1) is 13.2 Å². The van der Waals surface area contributed by atoms with Gasteiger partial charge in [0, 0.05) is 19.2 Å². The molecule has 16 heavy (non-hydrogen) atoms. The first kappa shape index (κ1) is 10.8. The molecule has 0 amide bonds. The number of nitrogens with zero attached hydrogens (tertiary/aromatic N) is 2. The van der Waals surface area contributed by atoms with Crippen LogP contribution in [-0.2, 0) is 0 Å². The fraction of sp³-hybridized carbons (Fsp3) is 0.444. The fourth-order valence-corrected chi connectivity index (χ4v) is 1.42. The molecular weight excluding hydrogens is 214 g/mol. The van der Waals surface area contributed by atoms with Crippen molar-refractivity contribution in [2.24, 2.45) is 0 Å². The van der Waals surface area contributed by atoms with E-state index in [1.807, 2.05) is 0 Å². The second-order valence-electron chi connectivity index (χ2n) is 3.25. The topological polar surface area (TPSA) is 109 Å². The Morgan fingerprint density at radius 2 is 1.94 bits per heavy atom. The predicted octanol–water partition coefficient (Wildman–Crippen LogP) is -0.206. The molecule has 0 atom stereocenters. The van der Waals surface area contributed by atoms with Gasteiger partial charge in [-0.2, -0.15) is 4.98 Å².